The molecule has 2 N–H and O–H groups in total. The van der Waals surface area contributed by atoms with E-state index in [1.807, 2.05) is 32.9 Å². The summed E-state index contributed by atoms with van der Waals surface area (Å²) in [6.45, 7) is 12.6. The molecule has 0 unspecified atom stereocenters. The van der Waals surface area contributed by atoms with Gasteiger partial charge in [-0.3, -0.25) is 0 Å². The van der Waals surface area contributed by atoms with Gasteiger partial charge in [0.2, 0.25) is 0 Å². The van der Waals surface area contributed by atoms with Gasteiger partial charge in [0, 0.05) is 6.04 Å². The molecule has 1 aliphatic carbocycles. The largest absolute Gasteiger partial charge is 0.444 e. The number of amides is 1. The van der Waals surface area contributed by atoms with Gasteiger partial charge in [-0.25, -0.2) is 4.79 Å². The summed E-state index contributed by atoms with van der Waals surface area (Å²) in [6.07, 6.45) is 2.14. The molecule has 34 heavy (non-hydrogen) atoms. The first-order valence-corrected chi connectivity index (χ1v) is 14.2. The summed E-state index contributed by atoms with van der Waals surface area (Å²) in [5, 5.41) is 16.7. The lowest BCUT2D eigenvalue weighted by atomic mass is 9.83. The van der Waals surface area contributed by atoms with E-state index >= 15 is 0 Å². The number of hydrogen-bond donors (Lipinski definition) is 2. The maximum absolute atomic E-state index is 12.2. The zero-order chi connectivity index (χ0) is 25.0. The van der Waals surface area contributed by atoms with Crippen LogP contribution in [0.15, 0.2) is 60.7 Å². The van der Waals surface area contributed by atoms with E-state index in [9.17, 15) is 9.90 Å². The van der Waals surface area contributed by atoms with E-state index in [-0.39, 0.29) is 17.7 Å². The molecule has 0 aromatic heterocycles. The smallest absolute Gasteiger partial charge is 0.407 e. The summed E-state index contributed by atoms with van der Waals surface area (Å²) >= 11 is 0. The van der Waals surface area contributed by atoms with Gasteiger partial charge in [0.15, 0.2) is 0 Å². The third-order valence-corrected chi connectivity index (χ3v) is 11.6. The lowest BCUT2D eigenvalue weighted by Gasteiger charge is -2.45. The summed E-state index contributed by atoms with van der Waals surface area (Å²) in [5.74, 6) is 0. The molecule has 1 aliphatic rings. The minimum absolute atomic E-state index is 0.00277. The Hall–Kier alpha value is -2.15. The molecule has 6 heteroatoms. The van der Waals surface area contributed by atoms with E-state index in [4.69, 9.17) is 9.16 Å². The van der Waals surface area contributed by atoms with Crippen molar-refractivity contribution in [2.24, 2.45) is 0 Å². The molecular weight excluding hydrogens is 442 g/mol. The molecule has 0 bridgehead atoms. The van der Waals surface area contributed by atoms with Gasteiger partial charge in [-0.15, -0.1) is 0 Å². The lowest BCUT2D eigenvalue weighted by molar-refractivity contribution is -0.0429. The quantitative estimate of drug-likeness (QED) is 0.581. The van der Waals surface area contributed by atoms with Gasteiger partial charge >= 0.3 is 6.09 Å². The molecule has 0 spiro atoms. The van der Waals surface area contributed by atoms with Crippen LogP contribution in [0.4, 0.5) is 4.79 Å². The monoisotopic (exact) mass is 483 g/mol. The number of carbonyl (C=O) groups excluding carboxylic acids is 1. The van der Waals surface area contributed by atoms with Crippen LogP contribution in [0.1, 0.15) is 67.2 Å². The molecule has 1 amide bonds. The Kier molecular flexibility index (Phi) is 7.95. The number of ether oxygens (including phenoxy) is 1. The van der Waals surface area contributed by atoms with Crippen molar-refractivity contribution >= 4 is 24.8 Å². The Morgan fingerprint density at radius 1 is 0.941 bits per heavy atom. The molecule has 2 aromatic rings. The molecular formula is C28H41NO4Si. The topological polar surface area (TPSA) is 67.8 Å². The number of nitrogens with one attached hydrogen (secondary N) is 1. The second-order valence-electron chi connectivity index (χ2n) is 11.6. The molecule has 0 heterocycles. The number of hydrogen-bond acceptors (Lipinski definition) is 4. The third-order valence-electron chi connectivity index (χ3n) is 6.61. The number of rotatable bonds is 6. The Morgan fingerprint density at radius 3 is 1.82 bits per heavy atom. The van der Waals surface area contributed by atoms with Crippen LogP contribution in [0.25, 0.3) is 0 Å². The van der Waals surface area contributed by atoms with Crippen molar-refractivity contribution in [2.75, 3.05) is 6.61 Å². The van der Waals surface area contributed by atoms with Gasteiger partial charge in [-0.1, -0.05) is 81.4 Å². The third kappa shape index (κ3) is 6.29. The van der Waals surface area contributed by atoms with Crippen LogP contribution in [0.5, 0.6) is 0 Å². The SMILES string of the molecule is CC(C)(C)OC(=O)N[C@H]1CC[C@](O)(CO[Si](c2ccccc2)(c2ccccc2)C(C)(C)C)CC1. The maximum Gasteiger partial charge on any atom is 0.407 e. The Bertz CT molecular complexity index is 887. The second-order valence-corrected chi connectivity index (χ2v) is 15.9. The Balaban J connectivity index is 1.77. The molecule has 0 aliphatic heterocycles. The van der Waals surface area contributed by atoms with Gasteiger partial charge in [0.05, 0.1) is 12.2 Å². The second kappa shape index (κ2) is 10.2. The van der Waals surface area contributed by atoms with E-state index < -0.39 is 25.6 Å². The first kappa shape index (κ1) is 26.5. The molecule has 0 atom stereocenters. The average molecular weight is 484 g/mol. The minimum Gasteiger partial charge on any atom is -0.444 e. The van der Waals surface area contributed by atoms with Gasteiger partial charge in [-0.2, -0.15) is 0 Å². The van der Waals surface area contributed by atoms with Gasteiger partial charge in [0.1, 0.15) is 5.60 Å². The molecule has 0 radical (unpaired) electrons. The molecule has 2 aromatic carbocycles. The van der Waals surface area contributed by atoms with Crippen molar-refractivity contribution in [1.82, 2.24) is 5.32 Å². The summed E-state index contributed by atoms with van der Waals surface area (Å²) in [6, 6.07) is 21.0. The highest BCUT2D eigenvalue weighted by atomic mass is 28.4. The van der Waals surface area contributed by atoms with E-state index in [0.717, 1.165) is 0 Å². The fraction of sp³-hybridized carbons (Fsp3) is 0.536. The van der Waals surface area contributed by atoms with Crippen molar-refractivity contribution in [3.63, 3.8) is 0 Å². The van der Waals surface area contributed by atoms with Gasteiger partial charge in [0.25, 0.3) is 8.32 Å². The van der Waals surface area contributed by atoms with E-state index in [1.54, 1.807) is 0 Å². The fourth-order valence-corrected chi connectivity index (χ4v) is 9.56. The highest BCUT2D eigenvalue weighted by Crippen LogP contribution is 2.38. The van der Waals surface area contributed by atoms with Crippen LogP contribution in [0, 0.1) is 0 Å². The van der Waals surface area contributed by atoms with Crippen LogP contribution in [-0.4, -0.2) is 43.4 Å². The normalized spacial score (nSPS) is 21.7. The summed E-state index contributed by atoms with van der Waals surface area (Å²) in [4.78, 5) is 12.2. The number of carbonyl (C=O) groups is 1. The number of alkyl carbamates (subject to hydrolysis) is 1. The van der Waals surface area contributed by atoms with Crippen LogP contribution in [0.2, 0.25) is 5.04 Å². The van der Waals surface area contributed by atoms with Gasteiger partial charge < -0.3 is 19.6 Å². The maximum atomic E-state index is 12.2. The Morgan fingerprint density at radius 2 is 1.41 bits per heavy atom. The van der Waals surface area contributed by atoms with E-state index in [1.165, 1.54) is 10.4 Å². The van der Waals surface area contributed by atoms with Crippen LogP contribution >= 0.6 is 0 Å². The lowest BCUT2D eigenvalue weighted by Crippen LogP contribution is -2.67. The molecule has 5 nitrogen and oxygen atoms in total. The van der Waals surface area contributed by atoms with Crippen molar-refractivity contribution in [3.05, 3.63) is 60.7 Å². The fourth-order valence-electron chi connectivity index (χ4n) is 4.92. The van der Waals surface area contributed by atoms with Crippen LogP contribution < -0.4 is 15.7 Å². The van der Waals surface area contributed by atoms with Crippen molar-refractivity contribution in [2.45, 2.75) is 89.5 Å². The first-order valence-electron chi connectivity index (χ1n) is 12.3. The van der Waals surface area contributed by atoms with Crippen molar-refractivity contribution in [3.8, 4) is 0 Å². The van der Waals surface area contributed by atoms with Crippen LogP contribution in [0.3, 0.4) is 0 Å². The number of benzene rings is 2. The predicted octanol–water partition coefficient (Wildman–Crippen LogP) is 4.76. The summed E-state index contributed by atoms with van der Waals surface area (Å²) in [5.41, 5.74) is -1.44. The van der Waals surface area contributed by atoms with Gasteiger partial charge in [-0.05, 0) is 61.9 Å². The highest BCUT2D eigenvalue weighted by Gasteiger charge is 2.51. The zero-order valence-electron chi connectivity index (χ0n) is 21.6. The first-order chi connectivity index (χ1) is 15.8. The predicted molar refractivity (Wildman–Crippen MR) is 140 cm³/mol. The standard InChI is InChI=1S/C28H41NO4Si/c1-26(2,3)33-25(30)29-22-17-19-28(31,20-18-22)21-32-34(27(4,5)6,23-13-9-7-10-14-23)24-15-11-8-12-16-24/h7-16,22,31H,17-21H2,1-6H3,(H,29,30)/t22-,28+. The van der Waals surface area contributed by atoms with Crippen LogP contribution in [-0.2, 0) is 9.16 Å². The summed E-state index contributed by atoms with van der Waals surface area (Å²) in [7, 11) is -2.70. The highest BCUT2D eigenvalue weighted by molar-refractivity contribution is 6.99. The average Bonchev–Trinajstić information content (AvgIpc) is 2.75. The summed E-state index contributed by atoms with van der Waals surface area (Å²) < 4.78 is 12.4. The zero-order valence-corrected chi connectivity index (χ0v) is 22.6. The van der Waals surface area contributed by atoms with Crippen molar-refractivity contribution in [1.29, 1.82) is 0 Å². The molecule has 1 fully saturated rings. The van der Waals surface area contributed by atoms with E-state index in [2.05, 4.69) is 74.6 Å². The molecule has 1 saturated carbocycles. The molecule has 186 valence electrons. The van der Waals surface area contributed by atoms with E-state index in [0.29, 0.717) is 25.7 Å². The molecule has 0 saturated heterocycles. The Labute approximate surface area is 206 Å². The minimum atomic E-state index is -2.70. The van der Waals surface area contributed by atoms with Crippen molar-refractivity contribution < 1.29 is 19.1 Å². The molecule has 3 rings (SSSR count). The number of aliphatic hydroxyl groups is 1.